The molecular weight excluding hydrogens is 270 g/mol. The third-order valence-corrected chi connectivity index (χ3v) is 3.93. The maximum Gasteiger partial charge on any atom is 0.121 e. The number of hydrogen-bond acceptors (Lipinski definition) is 4. The van der Waals surface area contributed by atoms with Crippen LogP contribution in [0.4, 0.5) is 0 Å². The maximum atomic E-state index is 5.72. The molecule has 2 N–H and O–H groups in total. The molecule has 0 spiro atoms. The molecule has 102 valence electrons. The average molecular weight is 285 g/mol. The molecule has 2 heterocycles. The van der Waals surface area contributed by atoms with Crippen molar-refractivity contribution in [2.45, 2.75) is 6.54 Å². The number of methoxy groups -OCH3 is 1. The van der Waals surface area contributed by atoms with Gasteiger partial charge in [0.2, 0.25) is 0 Å². The van der Waals surface area contributed by atoms with E-state index in [4.69, 9.17) is 10.5 Å². The smallest absolute Gasteiger partial charge is 0.121 e. The zero-order valence-corrected chi connectivity index (χ0v) is 11.9. The quantitative estimate of drug-likeness (QED) is 0.801. The third kappa shape index (κ3) is 2.33. The SMILES string of the molecule is COc1cccc(-n2nc(CN)cc2-c2cccs2)c1. The molecule has 0 amide bonds. The highest BCUT2D eigenvalue weighted by molar-refractivity contribution is 7.13. The highest BCUT2D eigenvalue weighted by Gasteiger charge is 2.12. The Bertz CT molecular complexity index is 704. The summed E-state index contributed by atoms with van der Waals surface area (Å²) in [7, 11) is 1.66. The molecule has 0 aliphatic heterocycles. The molecule has 0 atom stereocenters. The third-order valence-electron chi connectivity index (χ3n) is 3.04. The van der Waals surface area contributed by atoms with Gasteiger partial charge in [-0.1, -0.05) is 12.1 Å². The lowest BCUT2D eigenvalue weighted by Crippen LogP contribution is -2.01. The Balaban J connectivity index is 2.14. The Morgan fingerprint density at radius 3 is 2.85 bits per heavy atom. The van der Waals surface area contributed by atoms with E-state index in [1.54, 1.807) is 18.4 Å². The van der Waals surface area contributed by atoms with Crippen LogP contribution in [-0.2, 0) is 6.54 Å². The predicted molar refractivity (Wildman–Crippen MR) is 81.3 cm³/mol. The number of rotatable bonds is 4. The van der Waals surface area contributed by atoms with E-state index in [1.807, 2.05) is 41.1 Å². The number of benzene rings is 1. The molecular formula is C15H15N3OS. The Hall–Kier alpha value is -2.11. The van der Waals surface area contributed by atoms with Crippen molar-refractivity contribution in [1.82, 2.24) is 9.78 Å². The van der Waals surface area contributed by atoms with Crippen LogP contribution >= 0.6 is 11.3 Å². The maximum absolute atomic E-state index is 5.72. The van der Waals surface area contributed by atoms with Crippen molar-refractivity contribution in [3.8, 4) is 22.0 Å². The molecule has 20 heavy (non-hydrogen) atoms. The first-order valence-electron chi connectivity index (χ1n) is 6.29. The fraction of sp³-hybridized carbons (Fsp3) is 0.133. The summed E-state index contributed by atoms with van der Waals surface area (Å²) in [6.45, 7) is 0.426. The lowest BCUT2D eigenvalue weighted by molar-refractivity contribution is 0.414. The lowest BCUT2D eigenvalue weighted by atomic mass is 10.2. The molecule has 3 aromatic rings. The largest absolute Gasteiger partial charge is 0.497 e. The first-order valence-corrected chi connectivity index (χ1v) is 7.17. The second-order valence-electron chi connectivity index (χ2n) is 4.32. The van der Waals surface area contributed by atoms with Crippen LogP contribution in [-0.4, -0.2) is 16.9 Å². The molecule has 0 aliphatic carbocycles. The van der Waals surface area contributed by atoms with Crippen molar-refractivity contribution in [3.63, 3.8) is 0 Å². The lowest BCUT2D eigenvalue weighted by Gasteiger charge is -2.07. The van der Waals surface area contributed by atoms with Gasteiger partial charge in [0.25, 0.3) is 0 Å². The van der Waals surface area contributed by atoms with Crippen LogP contribution < -0.4 is 10.5 Å². The van der Waals surface area contributed by atoms with E-state index < -0.39 is 0 Å². The van der Waals surface area contributed by atoms with Crippen molar-refractivity contribution < 1.29 is 4.74 Å². The van der Waals surface area contributed by atoms with Crippen LogP contribution in [0.25, 0.3) is 16.3 Å². The summed E-state index contributed by atoms with van der Waals surface area (Å²) in [6.07, 6.45) is 0. The van der Waals surface area contributed by atoms with Gasteiger partial charge in [0.15, 0.2) is 0 Å². The van der Waals surface area contributed by atoms with Crippen molar-refractivity contribution in [2.75, 3.05) is 7.11 Å². The predicted octanol–water partition coefficient (Wildman–Crippen LogP) is 3.07. The molecule has 0 bridgehead atoms. The van der Waals surface area contributed by atoms with Crippen LogP contribution in [0.3, 0.4) is 0 Å². The molecule has 0 fully saturated rings. The first kappa shape index (κ1) is 12.9. The van der Waals surface area contributed by atoms with Gasteiger partial charge >= 0.3 is 0 Å². The summed E-state index contributed by atoms with van der Waals surface area (Å²) in [5.41, 5.74) is 8.61. The zero-order valence-electron chi connectivity index (χ0n) is 11.1. The number of hydrogen-bond donors (Lipinski definition) is 1. The van der Waals surface area contributed by atoms with Gasteiger partial charge in [-0.05, 0) is 29.6 Å². The van der Waals surface area contributed by atoms with Gasteiger partial charge < -0.3 is 10.5 Å². The number of nitrogens with two attached hydrogens (primary N) is 1. The number of ether oxygens (including phenoxy) is 1. The number of aromatic nitrogens is 2. The van der Waals surface area contributed by atoms with Gasteiger partial charge in [-0.15, -0.1) is 11.3 Å². The van der Waals surface area contributed by atoms with E-state index in [1.165, 1.54) is 4.88 Å². The van der Waals surface area contributed by atoms with Gasteiger partial charge in [-0.25, -0.2) is 4.68 Å². The minimum atomic E-state index is 0.426. The van der Waals surface area contributed by atoms with Crippen LogP contribution in [0.5, 0.6) is 5.75 Å². The highest BCUT2D eigenvalue weighted by atomic mass is 32.1. The van der Waals surface area contributed by atoms with Gasteiger partial charge in [0.05, 0.1) is 29.1 Å². The van der Waals surface area contributed by atoms with Crippen LogP contribution in [0, 0.1) is 0 Å². The molecule has 0 radical (unpaired) electrons. The Kier molecular flexibility index (Phi) is 3.54. The molecule has 2 aromatic heterocycles. The molecule has 4 nitrogen and oxygen atoms in total. The summed E-state index contributed by atoms with van der Waals surface area (Å²) < 4.78 is 7.19. The first-order chi connectivity index (χ1) is 9.81. The molecule has 0 aliphatic rings. The van der Waals surface area contributed by atoms with Gasteiger partial charge in [-0.3, -0.25) is 0 Å². The minimum Gasteiger partial charge on any atom is -0.497 e. The number of nitrogens with zero attached hydrogens (tertiary/aromatic N) is 2. The van der Waals surface area contributed by atoms with Crippen LogP contribution in [0.1, 0.15) is 5.69 Å². The van der Waals surface area contributed by atoms with Gasteiger partial charge in [0.1, 0.15) is 5.75 Å². The van der Waals surface area contributed by atoms with Crippen LogP contribution in [0.2, 0.25) is 0 Å². The van der Waals surface area contributed by atoms with E-state index in [9.17, 15) is 0 Å². The fourth-order valence-electron chi connectivity index (χ4n) is 2.07. The molecule has 5 heteroatoms. The molecule has 0 unspecified atom stereocenters. The number of thiophene rings is 1. The molecule has 0 saturated heterocycles. The van der Waals surface area contributed by atoms with E-state index in [0.29, 0.717) is 6.54 Å². The van der Waals surface area contributed by atoms with Crippen LogP contribution in [0.15, 0.2) is 47.8 Å². The van der Waals surface area contributed by atoms with Crippen molar-refractivity contribution in [2.24, 2.45) is 5.73 Å². The normalized spacial score (nSPS) is 10.7. The van der Waals surface area contributed by atoms with Gasteiger partial charge in [-0.2, -0.15) is 5.10 Å². The second kappa shape index (κ2) is 5.48. The zero-order chi connectivity index (χ0) is 13.9. The van der Waals surface area contributed by atoms with E-state index in [2.05, 4.69) is 16.5 Å². The summed E-state index contributed by atoms with van der Waals surface area (Å²) in [5, 5.41) is 6.63. The van der Waals surface area contributed by atoms with Crippen molar-refractivity contribution >= 4 is 11.3 Å². The fourth-order valence-corrected chi connectivity index (χ4v) is 2.80. The molecule has 1 aromatic carbocycles. The Morgan fingerprint density at radius 2 is 2.15 bits per heavy atom. The Morgan fingerprint density at radius 1 is 1.25 bits per heavy atom. The summed E-state index contributed by atoms with van der Waals surface area (Å²) in [6, 6.07) is 14.0. The minimum absolute atomic E-state index is 0.426. The summed E-state index contributed by atoms with van der Waals surface area (Å²) in [4.78, 5) is 1.17. The molecule has 0 saturated carbocycles. The van der Waals surface area contributed by atoms with Crippen molar-refractivity contribution in [3.05, 3.63) is 53.5 Å². The monoisotopic (exact) mass is 285 g/mol. The summed E-state index contributed by atoms with van der Waals surface area (Å²) >= 11 is 1.69. The Labute approximate surface area is 121 Å². The van der Waals surface area contributed by atoms with Gasteiger partial charge in [0, 0.05) is 12.6 Å². The highest BCUT2D eigenvalue weighted by Crippen LogP contribution is 2.28. The van der Waals surface area contributed by atoms with E-state index in [-0.39, 0.29) is 0 Å². The second-order valence-corrected chi connectivity index (χ2v) is 5.26. The van der Waals surface area contributed by atoms with Crippen molar-refractivity contribution in [1.29, 1.82) is 0 Å². The summed E-state index contributed by atoms with van der Waals surface area (Å²) in [5.74, 6) is 0.810. The van der Waals surface area contributed by atoms with E-state index >= 15 is 0 Å². The average Bonchev–Trinajstić information content (AvgIpc) is 3.15. The standard InChI is InChI=1S/C15H15N3OS/c1-19-13-5-2-4-12(9-13)18-14(8-11(10-16)17-18)15-6-3-7-20-15/h2-9H,10,16H2,1H3. The molecule has 3 rings (SSSR count). The van der Waals surface area contributed by atoms with E-state index in [0.717, 1.165) is 22.8 Å². The topological polar surface area (TPSA) is 53.1 Å².